The van der Waals surface area contributed by atoms with Gasteiger partial charge >= 0.3 is 0 Å². The lowest BCUT2D eigenvalue weighted by Gasteiger charge is -2.14. The van der Waals surface area contributed by atoms with E-state index in [1.807, 2.05) is 0 Å². The molecule has 0 unspecified atom stereocenters. The number of hydrogen-bond donors (Lipinski definition) is 2. The average molecular weight is 278 g/mol. The molecule has 2 rings (SSSR count). The molecule has 1 aliphatic heterocycles. The molecule has 6 heteroatoms. The highest BCUT2D eigenvalue weighted by Crippen LogP contribution is 2.17. The fourth-order valence-electron chi connectivity index (χ4n) is 1.56. The maximum absolute atomic E-state index is 11.9. The van der Waals surface area contributed by atoms with Crippen molar-refractivity contribution in [1.29, 1.82) is 0 Å². The molecular weight excluding hydrogens is 264 g/mol. The molecule has 0 aromatic heterocycles. The van der Waals surface area contributed by atoms with Crippen LogP contribution >= 0.6 is 11.8 Å². The van der Waals surface area contributed by atoms with E-state index >= 15 is 0 Å². The minimum Gasteiger partial charge on any atom is -0.487 e. The summed E-state index contributed by atoms with van der Waals surface area (Å²) in [4.78, 5) is 23.4. The SMILES string of the molecule is CNC(=O)c1cccc(NC(=O)C2=CSCCO2)c1. The van der Waals surface area contributed by atoms with Crippen molar-refractivity contribution in [3.05, 3.63) is 41.0 Å². The summed E-state index contributed by atoms with van der Waals surface area (Å²) in [6, 6.07) is 6.74. The highest BCUT2D eigenvalue weighted by molar-refractivity contribution is 8.02. The molecular formula is C13H14N2O3S. The Morgan fingerprint density at radius 1 is 1.32 bits per heavy atom. The van der Waals surface area contributed by atoms with E-state index in [4.69, 9.17) is 4.74 Å². The summed E-state index contributed by atoms with van der Waals surface area (Å²) in [5, 5.41) is 6.94. The lowest BCUT2D eigenvalue weighted by molar-refractivity contribution is -0.116. The van der Waals surface area contributed by atoms with Gasteiger partial charge in [0.1, 0.15) is 0 Å². The number of carbonyl (C=O) groups excluding carboxylic acids is 2. The zero-order valence-corrected chi connectivity index (χ0v) is 11.3. The Morgan fingerprint density at radius 3 is 2.84 bits per heavy atom. The molecule has 1 aromatic carbocycles. The summed E-state index contributed by atoms with van der Waals surface area (Å²) in [5.41, 5.74) is 1.05. The van der Waals surface area contributed by atoms with Crippen LogP contribution < -0.4 is 10.6 Å². The second-order valence-electron chi connectivity index (χ2n) is 3.82. The molecule has 2 amide bonds. The van der Waals surface area contributed by atoms with Crippen molar-refractivity contribution in [3.8, 4) is 0 Å². The van der Waals surface area contributed by atoms with Crippen molar-refractivity contribution in [2.75, 3.05) is 24.7 Å². The van der Waals surface area contributed by atoms with Gasteiger partial charge in [-0.1, -0.05) is 6.07 Å². The highest BCUT2D eigenvalue weighted by Gasteiger charge is 2.14. The topological polar surface area (TPSA) is 67.4 Å². The van der Waals surface area contributed by atoms with E-state index in [0.29, 0.717) is 23.6 Å². The van der Waals surface area contributed by atoms with Crippen molar-refractivity contribution in [1.82, 2.24) is 5.32 Å². The molecule has 0 aliphatic carbocycles. The summed E-state index contributed by atoms with van der Waals surface area (Å²) in [6.07, 6.45) is 0. The number of hydrogen-bond acceptors (Lipinski definition) is 4. The van der Waals surface area contributed by atoms with Crippen LogP contribution in [0.4, 0.5) is 5.69 Å². The van der Waals surface area contributed by atoms with E-state index in [-0.39, 0.29) is 11.8 Å². The van der Waals surface area contributed by atoms with Gasteiger partial charge in [-0.25, -0.2) is 0 Å². The second-order valence-corrected chi connectivity index (χ2v) is 4.79. The fraction of sp³-hybridized carbons (Fsp3) is 0.231. The number of benzene rings is 1. The van der Waals surface area contributed by atoms with Crippen LogP contribution in [-0.4, -0.2) is 31.2 Å². The number of nitrogens with one attached hydrogen (secondary N) is 2. The molecule has 0 radical (unpaired) electrons. The van der Waals surface area contributed by atoms with Gasteiger partial charge in [0.25, 0.3) is 11.8 Å². The van der Waals surface area contributed by atoms with Crippen molar-refractivity contribution in [2.45, 2.75) is 0 Å². The van der Waals surface area contributed by atoms with Crippen LogP contribution in [0.1, 0.15) is 10.4 Å². The Hall–Kier alpha value is -1.95. The Balaban J connectivity index is 2.08. The van der Waals surface area contributed by atoms with Gasteiger partial charge in [-0.3, -0.25) is 9.59 Å². The number of amides is 2. The van der Waals surface area contributed by atoms with Gasteiger partial charge in [0.05, 0.1) is 6.61 Å². The molecule has 0 saturated heterocycles. The maximum Gasteiger partial charge on any atom is 0.291 e. The van der Waals surface area contributed by atoms with Crippen LogP contribution in [0.25, 0.3) is 0 Å². The lowest BCUT2D eigenvalue weighted by atomic mass is 10.2. The summed E-state index contributed by atoms with van der Waals surface area (Å²) in [7, 11) is 1.56. The van der Waals surface area contributed by atoms with Gasteiger partial charge in [0.15, 0.2) is 5.76 Å². The first kappa shape index (κ1) is 13.5. The van der Waals surface area contributed by atoms with E-state index in [9.17, 15) is 9.59 Å². The zero-order valence-electron chi connectivity index (χ0n) is 10.4. The van der Waals surface area contributed by atoms with Crippen LogP contribution in [0, 0.1) is 0 Å². The van der Waals surface area contributed by atoms with E-state index in [1.54, 1.807) is 48.5 Å². The largest absolute Gasteiger partial charge is 0.487 e. The number of carbonyl (C=O) groups is 2. The van der Waals surface area contributed by atoms with E-state index in [1.165, 1.54) is 0 Å². The molecule has 0 saturated carbocycles. The summed E-state index contributed by atoms with van der Waals surface area (Å²) >= 11 is 1.54. The quantitative estimate of drug-likeness (QED) is 0.881. The summed E-state index contributed by atoms with van der Waals surface area (Å²) < 4.78 is 5.26. The molecule has 19 heavy (non-hydrogen) atoms. The van der Waals surface area contributed by atoms with E-state index in [2.05, 4.69) is 10.6 Å². The Bertz CT molecular complexity index is 528. The number of anilines is 1. The minimum atomic E-state index is -0.304. The third-order valence-corrected chi connectivity index (χ3v) is 3.27. The minimum absolute atomic E-state index is 0.195. The molecule has 0 bridgehead atoms. The van der Waals surface area contributed by atoms with Crippen molar-refractivity contribution in [3.63, 3.8) is 0 Å². The molecule has 5 nitrogen and oxygen atoms in total. The summed E-state index contributed by atoms with van der Waals surface area (Å²) in [5.74, 6) is 0.658. The standard InChI is InChI=1S/C13H14N2O3S/c1-14-12(16)9-3-2-4-10(7-9)15-13(17)11-8-19-6-5-18-11/h2-4,7-8H,5-6H2,1H3,(H,14,16)(H,15,17). The molecule has 1 aromatic rings. The van der Waals surface area contributed by atoms with E-state index < -0.39 is 0 Å². The predicted octanol–water partition coefficient (Wildman–Crippen LogP) is 1.59. The number of ether oxygens (including phenoxy) is 1. The Morgan fingerprint density at radius 2 is 2.16 bits per heavy atom. The highest BCUT2D eigenvalue weighted by atomic mass is 32.2. The normalized spacial score (nSPS) is 14.1. The fourth-order valence-corrected chi connectivity index (χ4v) is 2.19. The van der Waals surface area contributed by atoms with Gasteiger partial charge < -0.3 is 15.4 Å². The van der Waals surface area contributed by atoms with Gasteiger partial charge in [0.2, 0.25) is 0 Å². The summed E-state index contributed by atoms with van der Waals surface area (Å²) in [6.45, 7) is 0.530. The van der Waals surface area contributed by atoms with Gasteiger partial charge in [0, 0.05) is 29.5 Å². The zero-order chi connectivity index (χ0) is 13.7. The van der Waals surface area contributed by atoms with Crippen LogP contribution in [0.5, 0.6) is 0 Å². The number of thioether (sulfide) groups is 1. The Labute approximate surface area is 115 Å². The second kappa shape index (κ2) is 6.29. The smallest absolute Gasteiger partial charge is 0.291 e. The molecule has 100 valence electrons. The van der Waals surface area contributed by atoms with Gasteiger partial charge in [-0.15, -0.1) is 11.8 Å². The lowest BCUT2D eigenvalue weighted by Crippen LogP contribution is -2.20. The average Bonchev–Trinajstić information content (AvgIpc) is 2.47. The number of rotatable bonds is 3. The van der Waals surface area contributed by atoms with Crippen LogP contribution in [0.2, 0.25) is 0 Å². The van der Waals surface area contributed by atoms with E-state index in [0.717, 1.165) is 5.75 Å². The molecule has 0 spiro atoms. The predicted molar refractivity (Wildman–Crippen MR) is 75.0 cm³/mol. The van der Waals surface area contributed by atoms with Gasteiger partial charge in [-0.2, -0.15) is 0 Å². The first-order valence-electron chi connectivity index (χ1n) is 5.79. The third kappa shape index (κ3) is 3.51. The van der Waals surface area contributed by atoms with Crippen molar-refractivity contribution >= 4 is 29.3 Å². The molecule has 0 fully saturated rings. The first-order valence-corrected chi connectivity index (χ1v) is 6.83. The van der Waals surface area contributed by atoms with Crippen LogP contribution in [0.3, 0.4) is 0 Å². The monoisotopic (exact) mass is 278 g/mol. The van der Waals surface area contributed by atoms with Crippen molar-refractivity contribution < 1.29 is 14.3 Å². The third-order valence-electron chi connectivity index (χ3n) is 2.48. The van der Waals surface area contributed by atoms with Crippen molar-refractivity contribution in [2.24, 2.45) is 0 Å². The molecule has 1 heterocycles. The van der Waals surface area contributed by atoms with Crippen LogP contribution in [0.15, 0.2) is 35.4 Å². The van der Waals surface area contributed by atoms with Crippen LogP contribution in [-0.2, 0) is 9.53 Å². The molecule has 0 atom stereocenters. The molecule has 1 aliphatic rings. The van der Waals surface area contributed by atoms with Gasteiger partial charge in [-0.05, 0) is 18.2 Å². The molecule has 2 N–H and O–H groups in total. The first-order chi connectivity index (χ1) is 9.20. The maximum atomic E-state index is 11.9. The Kier molecular flexibility index (Phi) is 4.46.